The molecule has 122 valence electrons. The summed E-state index contributed by atoms with van der Waals surface area (Å²) in [5, 5.41) is 0. The zero-order valence-electron chi connectivity index (χ0n) is 20.6. The number of nitrogens with zero attached hydrogens (tertiary/aromatic N) is 1. The van der Waals surface area contributed by atoms with Crippen LogP contribution in [0.25, 0.3) is 22.5 Å². The molecule has 1 nitrogen and oxygen atoms in total. The third-order valence-electron chi connectivity index (χ3n) is 4.59. The summed E-state index contributed by atoms with van der Waals surface area (Å²) in [5.74, 6) is 0. The van der Waals surface area contributed by atoms with Gasteiger partial charge in [-0.2, -0.15) is 4.57 Å². The second kappa shape index (κ2) is 6.24. The standard InChI is InChI=1S/C23H26N/c1-15-10-11-16(2)20(12-15)22-8-7-9-23(24(22)6)21-14-18(4)17(3)13-19(21)5/h7-14H,1-6H3/q+1/i1D3,3D3. The van der Waals surface area contributed by atoms with E-state index >= 15 is 0 Å². The topological polar surface area (TPSA) is 3.88 Å². The summed E-state index contributed by atoms with van der Waals surface area (Å²) in [4.78, 5) is 0. The zero-order valence-corrected chi connectivity index (χ0v) is 14.6. The molecule has 0 aliphatic carbocycles. The molecule has 3 aromatic rings. The fraction of sp³-hybridized carbons (Fsp3) is 0.261. The summed E-state index contributed by atoms with van der Waals surface area (Å²) < 4.78 is 48.5. The van der Waals surface area contributed by atoms with Crippen molar-refractivity contribution < 1.29 is 12.8 Å². The van der Waals surface area contributed by atoms with Gasteiger partial charge in [0.1, 0.15) is 7.05 Å². The average molecular weight is 323 g/mol. The molecule has 1 heteroatoms. The number of hydrogen-bond donors (Lipinski definition) is 0. The first-order valence-electron chi connectivity index (χ1n) is 11.0. The molecule has 0 bridgehead atoms. The van der Waals surface area contributed by atoms with Gasteiger partial charge >= 0.3 is 0 Å². The molecular weight excluding hydrogens is 290 g/mol. The highest BCUT2D eigenvalue weighted by Gasteiger charge is 2.19. The molecule has 0 amide bonds. The van der Waals surface area contributed by atoms with Crippen LogP contribution in [0.3, 0.4) is 0 Å². The van der Waals surface area contributed by atoms with Crippen LogP contribution in [0.4, 0.5) is 0 Å². The highest BCUT2D eigenvalue weighted by molar-refractivity contribution is 5.67. The minimum atomic E-state index is -2.17. The Bertz CT molecular complexity index is 1110. The lowest BCUT2D eigenvalue weighted by Crippen LogP contribution is -2.34. The molecule has 0 saturated carbocycles. The van der Waals surface area contributed by atoms with Crippen molar-refractivity contribution in [1.82, 2.24) is 0 Å². The number of rotatable bonds is 2. The van der Waals surface area contributed by atoms with Gasteiger partial charge in [-0.1, -0.05) is 23.8 Å². The van der Waals surface area contributed by atoms with Gasteiger partial charge in [0.15, 0.2) is 0 Å². The van der Waals surface area contributed by atoms with Crippen LogP contribution in [0.5, 0.6) is 0 Å². The van der Waals surface area contributed by atoms with Gasteiger partial charge in [-0.25, -0.2) is 0 Å². The number of pyridine rings is 1. The Hall–Kier alpha value is -2.41. The Morgan fingerprint density at radius 1 is 0.708 bits per heavy atom. The molecular formula is C23H26N+. The van der Waals surface area contributed by atoms with Crippen LogP contribution in [-0.2, 0) is 7.05 Å². The van der Waals surface area contributed by atoms with Gasteiger partial charge in [0.2, 0.25) is 11.4 Å². The lowest BCUT2D eigenvalue weighted by atomic mass is 9.97. The van der Waals surface area contributed by atoms with Crippen LogP contribution < -0.4 is 4.57 Å². The molecule has 0 unspecified atom stereocenters. The second-order valence-electron chi connectivity index (χ2n) is 6.37. The van der Waals surface area contributed by atoms with E-state index in [1.807, 2.05) is 62.7 Å². The second-order valence-corrected chi connectivity index (χ2v) is 6.37. The smallest absolute Gasteiger partial charge is 0.194 e. The van der Waals surface area contributed by atoms with Crippen LogP contribution in [-0.4, -0.2) is 0 Å². The fourth-order valence-corrected chi connectivity index (χ4v) is 3.11. The molecule has 1 aromatic heterocycles. The van der Waals surface area contributed by atoms with Crippen molar-refractivity contribution >= 4 is 0 Å². The molecule has 1 heterocycles. The first-order chi connectivity index (χ1) is 13.8. The Morgan fingerprint density at radius 3 is 2.08 bits per heavy atom. The number of aromatic nitrogens is 1. The molecule has 2 aromatic carbocycles. The van der Waals surface area contributed by atoms with Crippen LogP contribution in [0, 0.1) is 34.5 Å². The minimum Gasteiger partial charge on any atom is -0.194 e. The predicted octanol–water partition coefficient (Wildman–Crippen LogP) is 5.39. The van der Waals surface area contributed by atoms with Gasteiger partial charge in [0.05, 0.1) is 0 Å². The number of benzene rings is 2. The maximum atomic E-state index is 7.75. The first kappa shape index (κ1) is 10.5. The van der Waals surface area contributed by atoms with E-state index in [0.29, 0.717) is 11.1 Å². The van der Waals surface area contributed by atoms with E-state index in [2.05, 4.69) is 0 Å². The SMILES string of the molecule is [2H]C([2H])([2H])c1ccc(C)c(-c2cccc(-c3cc(C)c(C([2H])([2H])[2H])cc3C)[n+]2C)c1. The van der Waals surface area contributed by atoms with Crippen molar-refractivity contribution in [2.75, 3.05) is 0 Å². The summed E-state index contributed by atoms with van der Waals surface area (Å²) >= 11 is 0. The summed E-state index contributed by atoms with van der Waals surface area (Å²) in [6, 6.07) is 14.8. The summed E-state index contributed by atoms with van der Waals surface area (Å²) in [5.41, 5.74) is 6.91. The van der Waals surface area contributed by atoms with Crippen molar-refractivity contribution in [3.05, 3.63) is 76.3 Å². The lowest BCUT2D eigenvalue weighted by Gasteiger charge is -2.11. The van der Waals surface area contributed by atoms with Gasteiger partial charge in [-0.3, -0.25) is 0 Å². The van der Waals surface area contributed by atoms with Crippen LogP contribution in [0.2, 0.25) is 0 Å². The van der Waals surface area contributed by atoms with Crippen molar-refractivity contribution in [1.29, 1.82) is 0 Å². The maximum Gasteiger partial charge on any atom is 0.213 e. The van der Waals surface area contributed by atoms with E-state index in [4.69, 9.17) is 8.22 Å². The minimum absolute atomic E-state index is 0.308. The molecule has 0 aliphatic heterocycles. The molecule has 24 heavy (non-hydrogen) atoms. The third kappa shape index (κ3) is 2.87. The molecule has 0 radical (unpaired) electrons. The number of aryl methyl sites for hydroxylation is 5. The first-order valence-corrected chi connectivity index (χ1v) is 8.03. The third-order valence-corrected chi connectivity index (χ3v) is 4.59. The fourth-order valence-electron chi connectivity index (χ4n) is 3.11. The summed E-state index contributed by atoms with van der Waals surface area (Å²) in [6.45, 7) is 1.38. The van der Waals surface area contributed by atoms with E-state index in [1.54, 1.807) is 18.2 Å². The quantitative estimate of drug-likeness (QED) is 0.557. The summed E-state index contributed by atoms with van der Waals surface area (Å²) in [7, 11) is 1.94. The van der Waals surface area contributed by atoms with Crippen LogP contribution in [0.15, 0.2) is 48.5 Å². The summed E-state index contributed by atoms with van der Waals surface area (Å²) in [6.07, 6.45) is 0. The Balaban J connectivity index is 2.20. The van der Waals surface area contributed by atoms with Crippen LogP contribution >= 0.6 is 0 Å². The Labute approximate surface area is 154 Å². The van der Waals surface area contributed by atoms with E-state index in [9.17, 15) is 0 Å². The van der Waals surface area contributed by atoms with Gasteiger partial charge in [0, 0.05) is 31.5 Å². The van der Waals surface area contributed by atoms with Crippen molar-refractivity contribution in [3.8, 4) is 22.5 Å². The van der Waals surface area contributed by atoms with Gasteiger partial charge in [-0.15, -0.1) is 0 Å². The highest BCUT2D eigenvalue weighted by Crippen LogP contribution is 2.27. The van der Waals surface area contributed by atoms with E-state index in [1.165, 1.54) is 0 Å². The lowest BCUT2D eigenvalue weighted by molar-refractivity contribution is -0.649. The van der Waals surface area contributed by atoms with Crippen molar-refractivity contribution in [3.63, 3.8) is 0 Å². The normalized spacial score (nSPS) is 15.7. The van der Waals surface area contributed by atoms with E-state index in [-0.39, 0.29) is 0 Å². The average Bonchev–Trinajstić information content (AvgIpc) is 2.62. The van der Waals surface area contributed by atoms with Crippen molar-refractivity contribution in [2.45, 2.75) is 34.5 Å². The predicted molar refractivity (Wildman–Crippen MR) is 102 cm³/mol. The number of hydrogen-bond acceptors (Lipinski definition) is 0. The van der Waals surface area contributed by atoms with Gasteiger partial charge < -0.3 is 0 Å². The largest absolute Gasteiger partial charge is 0.213 e. The van der Waals surface area contributed by atoms with E-state index < -0.39 is 13.7 Å². The maximum absolute atomic E-state index is 7.75. The van der Waals surface area contributed by atoms with Gasteiger partial charge in [-0.05, 0) is 74.9 Å². The van der Waals surface area contributed by atoms with Crippen molar-refractivity contribution in [2.24, 2.45) is 7.05 Å². The molecule has 3 rings (SSSR count). The molecule has 0 fully saturated rings. The van der Waals surface area contributed by atoms with E-state index in [0.717, 1.165) is 39.2 Å². The molecule has 0 aliphatic rings. The zero-order chi connectivity index (χ0) is 22.4. The van der Waals surface area contributed by atoms with Gasteiger partial charge in [0.25, 0.3) is 0 Å². The Kier molecular flexibility index (Phi) is 2.72. The monoisotopic (exact) mass is 322 g/mol. The Morgan fingerprint density at radius 2 is 1.42 bits per heavy atom. The molecule has 0 atom stereocenters. The highest BCUT2D eigenvalue weighted by atomic mass is 14.9. The molecule has 0 saturated heterocycles. The van der Waals surface area contributed by atoms with Crippen LogP contribution in [0.1, 0.15) is 36.0 Å². The molecule has 0 spiro atoms. The molecule has 0 N–H and O–H groups in total.